The molecule has 0 saturated heterocycles. The molecule has 4 nitrogen and oxygen atoms in total. The number of hydrogen-bond acceptors (Lipinski definition) is 4. The molecule has 1 N–H and O–H groups in total. The summed E-state index contributed by atoms with van der Waals surface area (Å²) in [6, 6.07) is 10.5. The van der Waals surface area contributed by atoms with Crippen LogP contribution in [0, 0.1) is 5.82 Å². The number of rotatable bonds is 4. The molecule has 31 heavy (non-hydrogen) atoms. The number of benzene rings is 2. The molecular weight excluding hydrogens is 395 g/mol. The minimum Gasteiger partial charge on any atom is -0.508 e. The molecule has 2 aliphatic rings. The molecule has 164 valence electrons. The van der Waals surface area contributed by atoms with E-state index in [-0.39, 0.29) is 17.3 Å². The number of aliphatic hydroxyl groups excluding tert-OH is 1. The van der Waals surface area contributed by atoms with E-state index in [2.05, 4.69) is 0 Å². The van der Waals surface area contributed by atoms with Crippen molar-refractivity contribution in [3.8, 4) is 16.9 Å². The fraction of sp³-hybridized carbons (Fsp3) is 0.423. The monoisotopic (exact) mass is 424 g/mol. The first-order chi connectivity index (χ1) is 14.7. The Morgan fingerprint density at radius 3 is 2.39 bits per heavy atom. The first kappa shape index (κ1) is 21.6. The van der Waals surface area contributed by atoms with Crippen molar-refractivity contribution in [3.05, 3.63) is 59.1 Å². The van der Waals surface area contributed by atoms with Gasteiger partial charge in [0.25, 0.3) is 0 Å². The third-order valence-corrected chi connectivity index (χ3v) is 6.55. The summed E-state index contributed by atoms with van der Waals surface area (Å²) in [6.45, 7) is 5.66. The highest BCUT2D eigenvalue weighted by Crippen LogP contribution is 2.48. The van der Waals surface area contributed by atoms with Gasteiger partial charge in [0.05, 0.1) is 12.7 Å². The van der Waals surface area contributed by atoms with Crippen molar-refractivity contribution in [2.75, 3.05) is 7.11 Å². The van der Waals surface area contributed by atoms with Crippen LogP contribution in [0.5, 0.6) is 5.75 Å². The first-order valence-corrected chi connectivity index (χ1v) is 10.9. The lowest BCUT2D eigenvalue weighted by Gasteiger charge is -2.42. The predicted octanol–water partition coefficient (Wildman–Crippen LogP) is 6.02. The summed E-state index contributed by atoms with van der Waals surface area (Å²) < 4.78 is 25.1. The Hall–Kier alpha value is -2.66. The van der Waals surface area contributed by atoms with Crippen LogP contribution in [0.1, 0.15) is 57.6 Å². The van der Waals surface area contributed by atoms with Crippen LogP contribution >= 0.6 is 0 Å². The zero-order chi connectivity index (χ0) is 22.4. The van der Waals surface area contributed by atoms with E-state index < -0.39 is 17.0 Å². The molecule has 1 saturated carbocycles. The van der Waals surface area contributed by atoms with Gasteiger partial charge < -0.3 is 14.6 Å². The maximum Gasteiger partial charge on any atom is 0.198 e. The smallest absolute Gasteiger partial charge is 0.198 e. The molecule has 1 heterocycles. The van der Waals surface area contributed by atoms with Crippen LogP contribution in [-0.2, 0) is 16.0 Å². The third-order valence-electron chi connectivity index (χ3n) is 6.55. The van der Waals surface area contributed by atoms with E-state index in [1.165, 1.54) is 13.2 Å². The Labute approximate surface area is 182 Å². The second-order valence-electron chi connectivity index (χ2n) is 8.94. The van der Waals surface area contributed by atoms with Crippen molar-refractivity contribution in [3.63, 3.8) is 0 Å². The van der Waals surface area contributed by atoms with E-state index in [9.17, 15) is 14.3 Å². The second-order valence-corrected chi connectivity index (χ2v) is 8.94. The Morgan fingerprint density at radius 1 is 1.10 bits per heavy atom. The van der Waals surface area contributed by atoms with E-state index in [0.29, 0.717) is 24.8 Å². The van der Waals surface area contributed by atoms with E-state index in [1.54, 1.807) is 12.1 Å². The first-order valence-electron chi connectivity index (χ1n) is 10.9. The van der Waals surface area contributed by atoms with E-state index >= 15 is 0 Å². The van der Waals surface area contributed by atoms with Crippen LogP contribution in [0.3, 0.4) is 0 Å². The van der Waals surface area contributed by atoms with Gasteiger partial charge in [0.1, 0.15) is 17.0 Å². The van der Waals surface area contributed by atoms with Gasteiger partial charge in [-0.25, -0.2) is 4.39 Å². The second kappa shape index (κ2) is 7.79. The molecule has 0 amide bonds. The zero-order valence-corrected chi connectivity index (χ0v) is 18.5. The zero-order valence-electron chi connectivity index (χ0n) is 18.5. The molecule has 2 aromatic carbocycles. The summed E-state index contributed by atoms with van der Waals surface area (Å²) in [6.07, 6.45) is 3.94. The van der Waals surface area contributed by atoms with Gasteiger partial charge in [-0.05, 0) is 80.3 Å². The standard InChI is InChI=1S/C26H29FO4/c1-5-16-14-17(18-9-11-20(27)21(15-18)30-4)8-10-19(16)22-23(28)25(2,3)31-26(24(22)29)12-6-7-13-26/h8-11,14-15,28H,5-7,12-13H2,1-4H3. The molecule has 5 heteroatoms. The van der Waals surface area contributed by atoms with Gasteiger partial charge >= 0.3 is 0 Å². The number of methoxy groups -OCH3 is 1. The lowest BCUT2D eigenvalue weighted by molar-refractivity contribution is -0.165. The van der Waals surface area contributed by atoms with Crippen LogP contribution in [0.4, 0.5) is 4.39 Å². The van der Waals surface area contributed by atoms with Crippen LogP contribution in [0.15, 0.2) is 42.2 Å². The lowest BCUT2D eigenvalue weighted by Crippen LogP contribution is -2.51. The summed E-state index contributed by atoms with van der Waals surface area (Å²) in [5.41, 5.74) is 2.00. The summed E-state index contributed by atoms with van der Waals surface area (Å²) in [4.78, 5) is 13.6. The number of aryl methyl sites for hydroxylation is 1. The minimum absolute atomic E-state index is 0.0130. The number of Topliss-reactive ketones (excluding diaryl/α,β-unsaturated/α-hetero) is 1. The fourth-order valence-corrected chi connectivity index (χ4v) is 4.89. The quantitative estimate of drug-likeness (QED) is 0.652. The van der Waals surface area contributed by atoms with Crippen LogP contribution in [0.25, 0.3) is 16.7 Å². The van der Waals surface area contributed by atoms with Gasteiger partial charge in [-0.3, -0.25) is 4.79 Å². The van der Waals surface area contributed by atoms with Gasteiger partial charge in [0, 0.05) is 0 Å². The Kier molecular flexibility index (Phi) is 5.42. The highest BCUT2D eigenvalue weighted by atomic mass is 19.1. The lowest BCUT2D eigenvalue weighted by atomic mass is 9.78. The van der Waals surface area contributed by atoms with Gasteiger partial charge in [0.15, 0.2) is 17.3 Å². The van der Waals surface area contributed by atoms with Gasteiger partial charge in [0.2, 0.25) is 0 Å². The number of hydrogen-bond donors (Lipinski definition) is 1. The molecule has 2 aromatic rings. The summed E-state index contributed by atoms with van der Waals surface area (Å²) in [5, 5.41) is 11.0. The van der Waals surface area contributed by atoms with Crippen LogP contribution in [-0.4, -0.2) is 29.2 Å². The number of halogens is 1. The molecule has 0 radical (unpaired) electrons. The molecule has 0 unspecified atom stereocenters. The molecular formula is C26H29FO4. The molecule has 1 spiro atoms. The molecule has 4 rings (SSSR count). The SMILES string of the molecule is CCc1cc(-c2ccc(F)c(OC)c2)ccc1C1=C(O)C(C)(C)OC2(CCCC2)C1=O. The minimum atomic E-state index is -0.929. The number of ketones is 1. The highest BCUT2D eigenvalue weighted by molar-refractivity contribution is 6.26. The number of aliphatic hydroxyl groups is 1. The van der Waals surface area contributed by atoms with Crippen LogP contribution in [0.2, 0.25) is 0 Å². The van der Waals surface area contributed by atoms with Crippen molar-refractivity contribution in [2.45, 2.75) is 64.1 Å². The molecule has 1 aliphatic carbocycles. The number of ether oxygens (including phenoxy) is 2. The van der Waals surface area contributed by atoms with Crippen molar-refractivity contribution in [1.82, 2.24) is 0 Å². The summed E-state index contributed by atoms with van der Waals surface area (Å²) >= 11 is 0. The molecule has 0 bridgehead atoms. The Morgan fingerprint density at radius 2 is 1.74 bits per heavy atom. The topological polar surface area (TPSA) is 55.8 Å². The number of carbonyl (C=O) groups excluding carboxylic acids is 1. The molecule has 1 aliphatic heterocycles. The summed E-state index contributed by atoms with van der Waals surface area (Å²) in [5.74, 6) is -0.358. The molecule has 1 fully saturated rings. The predicted molar refractivity (Wildman–Crippen MR) is 119 cm³/mol. The maximum absolute atomic E-state index is 13.8. The van der Waals surface area contributed by atoms with Gasteiger partial charge in [-0.15, -0.1) is 0 Å². The fourth-order valence-electron chi connectivity index (χ4n) is 4.89. The van der Waals surface area contributed by atoms with Crippen molar-refractivity contribution < 1.29 is 23.8 Å². The molecule has 0 atom stereocenters. The van der Waals surface area contributed by atoms with E-state index in [1.807, 2.05) is 39.0 Å². The maximum atomic E-state index is 13.8. The normalized spacial score (nSPS) is 19.8. The van der Waals surface area contributed by atoms with Crippen LogP contribution < -0.4 is 4.74 Å². The Bertz CT molecular complexity index is 1060. The van der Waals surface area contributed by atoms with Crippen molar-refractivity contribution in [1.29, 1.82) is 0 Å². The van der Waals surface area contributed by atoms with E-state index in [0.717, 1.165) is 35.1 Å². The van der Waals surface area contributed by atoms with Gasteiger partial charge in [-0.2, -0.15) is 0 Å². The van der Waals surface area contributed by atoms with Crippen molar-refractivity contribution in [2.24, 2.45) is 0 Å². The Balaban J connectivity index is 1.83. The highest BCUT2D eigenvalue weighted by Gasteiger charge is 2.53. The largest absolute Gasteiger partial charge is 0.508 e. The van der Waals surface area contributed by atoms with E-state index in [4.69, 9.17) is 9.47 Å². The summed E-state index contributed by atoms with van der Waals surface area (Å²) in [7, 11) is 1.44. The average molecular weight is 425 g/mol. The average Bonchev–Trinajstić information content (AvgIpc) is 3.22. The van der Waals surface area contributed by atoms with Crippen molar-refractivity contribution >= 4 is 11.4 Å². The number of carbonyl (C=O) groups is 1. The molecule has 0 aromatic heterocycles. The third kappa shape index (κ3) is 3.55. The van der Waals surface area contributed by atoms with Gasteiger partial charge in [-0.1, -0.05) is 31.2 Å².